The fourth-order valence-corrected chi connectivity index (χ4v) is 3.30. The highest BCUT2D eigenvalue weighted by atomic mass is 35.5. The second-order valence-electron chi connectivity index (χ2n) is 6.47. The molecule has 29 heavy (non-hydrogen) atoms. The Hall–Kier alpha value is -3.02. The third-order valence-corrected chi connectivity index (χ3v) is 5.18. The fraction of sp³-hybridized carbons (Fsp3) is 0.0909. The first kappa shape index (κ1) is 19.3. The third-order valence-electron chi connectivity index (χ3n) is 4.48. The molecular weight excluding hydrogens is 411 g/mol. The number of aromatic nitrogens is 1. The molecule has 0 unspecified atom stereocenters. The van der Waals surface area contributed by atoms with Crippen LogP contribution in [0, 0.1) is 6.92 Å². The Morgan fingerprint density at radius 1 is 1.03 bits per heavy atom. The van der Waals surface area contributed by atoms with Crippen molar-refractivity contribution in [3.8, 4) is 17.2 Å². The van der Waals surface area contributed by atoms with Crippen LogP contribution >= 0.6 is 23.2 Å². The molecule has 0 fully saturated rings. The highest BCUT2D eigenvalue weighted by molar-refractivity contribution is 6.32. The summed E-state index contributed by atoms with van der Waals surface area (Å²) < 4.78 is 11.0. The summed E-state index contributed by atoms with van der Waals surface area (Å²) >= 11 is 12.3. The number of anilines is 1. The number of carbonyl (C=O) groups excluding carboxylic acids is 1. The molecule has 4 rings (SSSR count). The van der Waals surface area contributed by atoms with Gasteiger partial charge in [0, 0.05) is 21.8 Å². The van der Waals surface area contributed by atoms with Gasteiger partial charge < -0.3 is 14.5 Å². The molecule has 7 heteroatoms. The Kier molecular flexibility index (Phi) is 5.18. The van der Waals surface area contributed by atoms with Crippen LogP contribution in [0.25, 0.3) is 22.6 Å². The lowest BCUT2D eigenvalue weighted by molar-refractivity contribution is 0.102. The van der Waals surface area contributed by atoms with Gasteiger partial charge in [0.25, 0.3) is 5.91 Å². The first-order chi connectivity index (χ1) is 13.9. The van der Waals surface area contributed by atoms with E-state index in [-0.39, 0.29) is 5.91 Å². The molecule has 0 atom stereocenters. The molecule has 0 saturated heterocycles. The van der Waals surface area contributed by atoms with Crippen molar-refractivity contribution in [1.29, 1.82) is 0 Å². The maximum atomic E-state index is 12.5. The topological polar surface area (TPSA) is 64.4 Å². The molecule has 0 aliphatic carbocycles. The normalized spacial score (nSPS) is 10.9. The Balaban J connectivity index is 1.60. The number of benzene rings is 3. The smallest absolute Gasteiger partial charge is 0.255 e. The van der Waals surface area contributed by atoms with E-state index in [0.717, 1.165) is 11.1 Å². The molecule has 0 radical (unpaired) electrons. The summed E-state index contributed by atoms with van der Waals surface area (Å²) in [6.45, 7) is 1.89. The quantitative estimate of drug-likeness (QED) is 0.411. The van der Waals surface area contributed by atoms with Crippen molar-refractivity contribution in [2.45, 2.75) is 6.92 Å². The predicted octanol–water partition coefficient (Wildman–Crippen LogP) is 6.37. The average Bonchev–Trinajstić information content (AvgIpc) is 3.13. The summed E-state index contributed by atoms with van der Waals surface area (Å²) in [5, 5.41) is 3.87. The number of hydrogen-bond acceptors (Lipinski definition) is 4. The van der Waals surface area contributed by atoms with Gasteiger partial charge >= 0.3 is 0 Å². The van der Waals surface area contributed by atoms with Crippen molar-refractivity contribution in [2.75, 3.05) is 12.4 Å². The van der Waals surface area contributed by atoms with Crippen molar-refractivity contribution >= 4 is 45.9 Å². The van der Waals surface area contributed by atoms with Crippen molar-refractivity contribution in [3.63, 3.8) is 0 Å². The highest BCUT2D eigenvalue weighted by Crippen LogP contribution is 2.32. The third kappa shape index (κ3) is 3.92. The molecule has 4 aromatic rings. The number of methoxy groups -OCH3 is 1. The summed E-state index contributed by atoms with van der Waals surface area (Å²) in [5.41, 5.74) is 3.95. The van der Waals surface area contributed by atoms with Crippen LogP contribution in [0.1, 0.15) is 15.9 Å². The molecule has 1 amide bonds. The van der Waals surface area contributed by atoms with Crippen LogP contribution in [0.15, 0.2) is 59.0 Å². The van der Waals surface area contributed by atoms with Gasteiger partial charge in [-0.3, -0.25) is 4.79 Å². The van der Waals surface area contributed by atoms with Crippen LogP contribution in [0.3, 0.4) is 0 Å². The lowest BCUT2D eigenvalue weighted by Crippen LogP contribution is -2.11. The molecule has 0 spiro atoms. The van der Waals surface area contributed by atoms with E-state index in [1.165, 1.54) is 0 Å². The van der Waals surface area contributed by atoms with E-state index >= 15 is 0 Å². The molecule has 0 aliphatic heterocycles. The zero-order chi connectivity index (χ0) is 20.5. The average molecular weight is 427 g/mol. The van der Waals surface area contributed by atoms with E-state index in [1.54, 1.807) is 49.6 Å². The first-order valence-electron chi connectivity index (χ1n) is 8.76. The minimum atomic E-state index is -0.253. The van der Waals surface area contributed by atoms with Crippen LogP contribution in [0.4, 0.5) is 5.69 Å². The van der Waals surface area contributed by atoms with Gasteiger partial charge in [-0.15, -0.1) is 0 Å². The molecule has 5 nitrogen and oxygen atoms in total. The maximum Gasteiger partial charge on any atom is 0.255 e. The van der Waals surface area contributed by atoms with Crippen LogP contribution in [0.5, 0.6) is 5.75 Å². The van der Waals surface area contributed by atoms with Crippen molar-refractivity contribution < 1.29 is 13.9 Å². The number of amides is 1. The SMILES string of the molecule is COc1ccc(-c2nc3cc(NC(=O)c4ccc(C)c(Cl)c4)ccc3o2)cc1Cl. The van der Waals surface area contributed by atoms with Crippen molar-refractivity contribution in [3.05, 3.63) is 75.8 Å². The van der Waals surface area contributed by atoms with E-state index in [4.69, 9.17) is 32.4 Å². The van der Waals surface area contributed by atoms with Gasteiger partial charge in [-0.25, -0.2) is 4.98 Å². The summed E-state index contributed by atoms with van der Waals surface area (Å²) in [4.78, 5) is 17.0. The Morgan fingerprint density at radius 2 is 1.86 bits per heavy atom. The van der Waals surface area contributed by atoms with Gasteiger partial charge in [0.2, 0.25) is 5.89 Å². The minimum Gasteiger partial charge on any atom is -0.495 e. The second-order valence-corrected chi connectivity index (χ2v) is 7.28. The van der Waals surface area contributed by atoms with Gasteiger partial charge in [-0.2, -0.15) is 0 Å². The maximum absolute atomic E-state index is 12.5. The molecular formula is C22H16Cl2N2O3. The zero-order valence-corrected chi connectivity index (χ0v) is 17.1. The number of hydrogen-bond donors (Lipinski definition) is 1. The van der Waals surface area contributed by atoms with Crippen LogP contribution < -0.4 is 10.1 Å². The molecule has 0 saturated carbocycles. The molecule has 0 aliphatic rings. The lowest BCUT2D eigenvalue weighted by Gasteiger charge is -2.06. The number of nitrogens with one attached hydrogen (secondary N) is 1. The van der Waals surface area contributed by atoms with Gasteiger partial charge in [0.05, 0.1) is 12.1 Å². The fourth-order valence-electron chi connectivity index (χ4n) is 2.87. The molecule has 146 valence electrons. The van der Waals surface area contributed by atoms with E-state index in [0.29, 0.717) is 44.0 Å². The number of halogens is 2. The molecule has 1 heterocycles. The molecule has 1 N–H and O–H groups in total. The number of nitrogens with zero attached hydrogens (tertiary/aromatic N) is 1. The number of ether oxygens (including phenoxy) is 1. The van der Waals surface area contributed by atoms with Gasteiger partial charge in [0.15, 0.2) is 5.58 Å². The van der Waals surface area contributed by atoms with Gasteiger partial charge in [-0.05, 0) is 61.0 Å². The summed E-state index contributed by atoms with van der Waals surface area (Å²) in [5.74, 6) is 0.753. The molecule has 3 aromatic carbocycles. The van der Waals surface area contributed by atoms with Crippen LogP contribution in [0.2, 0.25) is 10.0 Å². The predicted molar refractivity (Wildman–Crippen MR) is 115 cm³/mol. The zero-order valence-electron chi connectivity index (χ0n) is 15.6. The Labute approximate surface area is 177 Å². The monoisotopic (exact) mass is 426 g/mol. The summed E-state index contributed by atoms with van der Waals surface area (Å²) in [6, 6.07) is 15.8. The van der Waals surface area contributed by atoms with E-state index in [2.05, 4.69) is 10.3 Å². The molecule has 0 bridgehead atoms. The van der Waals surface area contributed by atoms with E-state index < -0.39 is 0 Å². The second kappa shape index (κ2) is 7.78. The molecule has 1 aromatic heterocycles. The van der Waals surface area contributed by atoms with Crippen molar-refractivity contribution in [1.82, 2.24) is 4.98 Å². The van der Waals surface area contributed by atoms with E-state index in [9.17, 15) is 4.79 Å². The Bertz CT molecular complexity index is 1230. The largest absolute Gasteiger partial charge is 0.495 e. The minimum absolute atomic E-state index is 0.253. The highest BCUT2D eigenvalue weighted by Gasteiger charge is 2.13. The van der Waals surface area contributed by atoms with Crippen molar-refractivity contribution in [2.24, 2.45) is 0 Å². The van der Waals surface area contributed by atoms with E-state index in [1.807, 2.05) is 19.1 Å². The summed E-state index contributed by atoms with van der Waals surface area (Å²) in [7, 11) is 1.56. The number of aryl methyl sites for hydroxylation is 1. The van der Waals surface area contributed by atoms with Crippen LogP contribution in [-0.2, 0) is 0 Å². The van der Waals surface area contributed by atoms with Gasteiger partial charge in [-0.1, -0.05) is 29.3 Å². The number of rotatable bonds is 4. The number of oxazole rings is 1. The number of fused-ring (bicyclic) bond motifs is 1. The standard InChI is InChI=1S/C22H16Cl2N2O3/c1-12-3-4-13(9-16(12)23)21(27)25-15-6-8-20-18(11-15)26-22(29-20)14-5-7-19(28-2)17(24)10-14/h3-11H,1-2H3,(H,25,27). The summed E-state index contributed by atoms with van der Waals surface area (Å²) in [6.07, 6.45) is 0. The lowest BCUT2D eigenvalue weighted by atomic mass is 10.1. The Morgan fingerprint density at radius 3 is 2.59 bits per heavy atom. The van der Waals surface area contributed by atoms with Crippen LogP contribution in [-0.4, -0.2) is 18.0 Å². The first-order valence-corrected chi connectivity index (χ1v) is 9.52. The van der Waals surface area contributed by atoms with Gasteiger partial charge in [0.1, 0.15) is 11.3 Å². The number of carbonyl (C=O) groups is 1.